The molecule has 0 heterocycles. The molecule has 4 nitrogen and oxygen atoms in total. The second kappa shape index (κ2) is 11.8. The molecule has 6 heteroatoms. The lowest BCUT2D eigenvalue weighted by atomic mass is 10.3. The van der Waals surface area contributed by atoms with Crippen LogP contribution in [0.3, 0.4) is 0 Å². The molecule has 2 N–H and O–H groups in total. The van der Waals surface area contributed by atoms with Gasteiger partial charge in [-0.3, -0.25) is 0 Å². The number of nitrogens with zero attached hydrogens (tertiary/aromatic N) is 1. The zero-order valence-corrected chi connectivity index (χ0v) is 17.9. The Balaban J connectivity index is 4.05. The molecule has 0 saturated carbocycles. The molecule has 0 atom stereocenters. The van der Waals surface area contributed by atoms with Gasteiger partial charge in [0.05, 0.1) is 0 Å². The van der Waals surface area contributed by atoms with Crippen molar-refractivity contribution in [2.45, 2.75) is 65.0 Å². The van der Waals surface area contributed by atoms with Crippen molar-refractivity contribution in [3.8, 4) is 0 Å². The van der Waals surface area contributed by atoms with Crippen LogP contribution >= 0.6 is 0 Å². The topological polar surface area (TPSA) is 47.7 Å². The molecule has 0 aromatic carbocycles. The number of nitrogens with two attached hydrogens (primary N) is 1. The summed E-state index contributed by atoms with van der Waals surface area (Å²) in [6.45, 7) is 19.2. The smallest absolute Gasteiger partial charge is 0.186 e. The molecule has 0 saturated heterocycles. The third-order valence-electron chi connectivity index (χ3n) is 4.02. The molecule has 0 aliphatic carbocycles. The van der Waals surface area contributed by atoms with E-state index in [1.54, 1.807) is 0 Å². The number of hydrogen-bond donors (Lipinski definition) is 1. The second-order valence-electron chi connectivity index (χ2n) is 7.22. The van der Waals surface area contributed by atoms with Crippen LogP contribution in [0.25, 0.3) is 0 Å². The quantitative estimate of drug-likeness (QED) is 0.488. The highest BCUT2D eigenvalue weighted by atomic mass is 28.4. The summed E-state index contributed by atoms with van der Waals surface area (Å²) in [4.78, 5) is 2.52. The standard InChI is InChI=1S/C16H40N2O2Si2/c1-7-19-21(3,4)15-9-12-18(14-11-17)13-10-16-22(5,6)20-8-2/h7-17H2,1-6H3. The van der Waals surface area contributed by atoms with Gasteiger partial charge in [0.15, 0.2) is 16.6 Å². The monoisotopic (exact) mass is 348 g/mol. The Morgan fingerprint density at radius 2 is 1.18 bits per heavy atom. The zero-order chi connectivity index (χ0) is 17.1. The zero-order valence-electron chi connectivity index (χ0n) is 15.9. The molecular weight excluding hydrogens is 308 g/mol. The summed E-state index contributed by atoms with van der Waals surface area (Å²) in [6, 6.07) is 2.47. The van der Waals surface area contributed by atoms with E-state index in [-0.39, 0.29) is 0 Å². The highest BCUT2D eigenvalue weighted by Crippen LogP contribution is 2.16. The summed E-state index contributed by atoms with van der Waals surface area (Å²) >= 11 is 0. The Kier molecular flexibility index (Phi) is 11.9. The van der Waals surface area contributed by atoms with Crippen molar-refractivity contribution in [3.05, 3.63) is 0 Å². The summed E-state index contributed by atoms with van der Waals surface area (Å²) in [5.41, 5.74) is 5.77. The largest absolute Gasteiger partial charge is 0.418 e. The van der Waals surface area contributed by atoms with Crippen LogP contribution in [-0.2, 0) is 8.85 Å². The van der Waals surface area contributed by atoms with Gasteiger partial charge in [-0.05, 0) is 78.1 Å². The van der Waals surface area contributed by atoms with E-state index in [9.17, 15) is 0 Å². The minimum absolute atomic E-state index is 0.749. The molecule has 0 radical (unpaired) electrons. The minimum atomic E-state index is -1.44. The molecule has 0 aromatic heterocycles. The lowest BCUT2D eigenvalue weighted by molar-refractivity contribution is 0.272. The Labute approximate surface area is 141 Å². The molecule has 0 spiro atoms. The van der Waals surface area contributed by atoms with Crippen LogP contribution < -0.4 is 5.73 Å². The Bertz CT molecular complexity index is 253. The normalized spacial score (nSPS) is 13.1. The average Bonchev–Trinajstić information content (AvgIpc) is 2.38. The van der Waals surface area contributed by atoms with Crippen molar-refractivity contribution in [2.75, 3.05) is 39.4 Å². The number of rotatable bonds is 14. The lowest BCUT2D eigenvalue weighted by Crippen LogP contribution is -2.36. The lowest BCUT2D eigenvalue weighted by Gasteiger charge is -2.27. The van der Waals surface area contributed by atoms with Gasteiger partial charge >= 0.3 is 0 Å². The van der Waals surface area contributed by atoms with Crippen LogP contribution in [0.4, 0.5) is 0 Å². The SMILES string of the molecule is CCO[Si](C)(C)CCCN(CCN)CCC[Si](C)(C)OCC. The van der Waals surface area contributed by atoms with Crippen molar-refractivity contribution < 1.29 is 8.85 Å². The van der Waals surface area contributed by atoms with E-state index in [0.29, 0.717) is 0 Å². The first-order valence-corrected chi connectivity index (χ1v) is 15.2. The molecule has 22 heavy (non-hydrogen) atoms. The van der Waals surface area contributed by atoms with E-state index in [1.807, 2.05) is 0 Å². The van der Waals surface area contributed by atoms with Gasteiger partial charge in [0, 0.05) is 26.3 Å². The van der Waals surface area contributed by atoms with Gasteiger partial charge in [-0.25, -0.2) is 0 Å². The Hall–Kier alpha value is 0.274. The maximum Gasteiger partial charge on any atom is 0.186 e. The first kappa shape index (κ1) is 22.3. The van der Waals surface area contributed by atoms with Gasteiger partial charge in [0.1, 0.15) is 0 Å². The van der Waals surface area contributed by atoms with Crippen molar-refractivity contribution in [1.82, 2.24) is 4.90 Å². The van der Waals surface area contributed by atoms with Crippen molar-refractivity contribution in [2.24, 2.45) is 5.73 Å². The van der Waals surface area contributed by atoms with E-state index >= 15 is 0 Å². The number of hydrogen-bond acceptors (Lipinski definition) is 4. The van der Waals surface area contributed by atoms with E-state index in [4.69, 9.17) is 14.6 Å². The van der Waals surface area contributed by atoms with E-state index in [1.165, 1.54) is 24.9 Å². The fourth-order valence-corrected chi connectivity index (χ4v) is 6.77. The van der Waals surface area contributed by atoms with Crippen molar-refractivity contribution in [1.29, 1.82) is 0 Å². The van der Waals surface area contributed by atoms with Gasteiger partial charge in [-0.15, -0.1) is 0 Å². The summed E-state index contributed by atoms with van der Waals surface area (Å²) < 4.78 is 11.8. The van der Waals surface area contributed by atoms with Gasteiger partial charge in [0.2, 0.25) is 0 Å². The Morgan fingerprint density at radius 3 is 1.50 bits per heavy atom. The minimum Gasteiger partial charge on any atom is -0.418 e. The highest BCUT2D eigenvalue weighted by Gasteiger charge is 2.23. The Morgan fingerprint density at radius 1 is 0.773 bits per heavy atom. The van der Waals surface area contributed by atoms with Gasteiger partial charge in [0.25, 0.3) is 0 Å². The third-order valence-corrected chi connectivity index (χ3v) is 9.28. The molecule has 0 bridgehead atoms. The average molecular weight is 349 g/mol. The maximum atomic E-state index is 5.91. The first-order valence-electron chi connectivity index (χ1n) is 8.96. The summed E-state index contributed by atoms with van der Waals surface area (Å²) in [6.07, 6.45) is 2.46. The highest BCUT2D eigenvalue weighted by molar-refractivity contribution is 6.71. The fourth-order valence-electron chi connectivity index (χ4n) is 2.90. The summed E-state index contributed by atoms with van der Waals surface area (Å²) in [5, 5.41) is 0. The first-order chi connectivity index (χ1) is 10.3. The summed E-state index contributed by atoms with van der Waals surface area (Å²) in [7, 11) is -2.87. The molecule has 134 valence electrons. The molecule has 0 aliphatic heterocycles. The third kappa shape index (κ3) is 11.8. The van der Waals surface area contributed by atoms with Crippen LogP contribution in [0.15, 0.2) is 0 Å². The van der Waals surface area contributed by atoms with E-state index < -0.39 is 16.6 Å². The molecule has 0 fully saturated rings. The fraction of sp³-hybridized carbons (Fsp3) is 1.00. The summed E-state index contributed by atoms with van der Waals surface area (Å²) in [5.74, 6) is 0. The molecule has 0 rings (SSSR count). The van der Waals surface area contributed by atoms with Gasteiger partial charge < -0.3 is 19.5 Å². The van der Waals surface area contributed by atoms with Crippen molar-refractivity contribution >= 4 is 16.6 Å². The van der Waals surface area contributed by atoms with E-state index in [0.717, 1.165) is 39.4 Å². The molecular formula is C16H40N2O2Si2. The molecule has 0 aromatic rings. The second-order valence-corrected chi connectivity index (χ2v) is 15.8. The van der Waals surface area contributed by atoms with Crippen LogP contribution in [0.1, 0.15) is 26.7 Å². The predicted molar refractivity (Wildman–Crippen MR) is 103 cm³/mol. The molecule has 0 amide bonds. The van der Waals surface area contributed by atoms with Crippen molar-refractivity contribution in [3.63, 3.8) is 0 Å². The van der Waals surface area contributed by atoms with Crippen LogP contribution in [0.5, 0.6) is 0 Å². The van der Waals surface area contributed by atoms with Crippen LogP contribution in [0, 0.1) is 0 Å². The van der Waals surface area contributed by atoms with Crippen LogP contribution in [0.2, 0.25) is 38.3 Å². The molecule has 0 unspecified atom stereocenters. The maximum absolute atomic E-state index is 5.91. The van der Waals surface area contributed by atoms with Gasteiger partial charge in [-0.2, -0.15) is 0 Å². The predicted octanol–water partition coefficient (Wildman–Crippen LogP) is 3.51. The van der Waals surface area contributed by atoms with Crippen LogP contribution in [-0.4, -0.2) is 60.9 Å². The molecule has 0 aliphatic rings. The van der Waals surface area contributed by atoms with Gasteiger partial charge in [-0.1, -0.05) is 0 Å². The van der Waals surface area contributed by atoms with E-state index in [2.05, 4.69) is 44.9 Å².